The van der Waals surface area contributed by atoms with Crippen LogP contribution in [0.15, 0.2) is 4.99 Å². The van der Waals surface area contributed by atoms with Gasteiger partial charge in [0.25, 0.3) is 0 Å². The smallest absolute Gasteiger partial charge is 0.157 e. The Labute approximate surface area is 92.0 Å². The highest BCUT2D eigenvalue weighted by atomic mass is 32.2. The fourth-order valence-electron chi connectivity index (χ4n) is 1.61. The van der Waals surface area contributed by atoms with Gasteiger partial charge in [-0.3, -0.25) is 4.99 Å². The zero-order valence-corrected chi connectivity index (χ0v) is 10.5. The van der Waals surface area contributed by atoms with Crippen LogP contribution in [0, 0.1) is 5.92 Å². The second kappa shape index (κ2) is 5.64. The van der Waals surface area contributed by atoms with Gasteiger partial charge in [0.05, 0.1) is 6.54 Å². The first-order valence-corrected chi connectivity index (χ1v) is 6.52. The van der Waals surface area contributed by atoms with Crippen LogP contribution < -0.4 is 5.32 Å². The molecule has 0 aromatic rings. The maximum Gasteiger partial charge on any atom is 0.157 e. The van der Waals surface area contributed by atoms with E-state index < -0.39 is 0 Å². The molecule has 1 heterocycles. The van der Waals surface area contributed by atoms with Gasteiger partial charge in [0.15, 0.2) is 5.17 Å². The van der Waals surface area contributed by atoms with Gasteiger partial charge in [0.1, 0.15) is 0 Å². The Kier molecular flexibility index (Phi) is 4.79. The lowest BCUT2D eigenvalue weighted by Gasteiger charge is -2.21. The van der Waals surface area contributed by atoms with Crippen molar-refractivity contribution in [2.75, 3.05) is 6.54 Å². The normalized spacial score (nSPS) is 23.8. The van der Waals surface area contributed by atoms with Crippen LogP contribution in [0.5, 0.6) is 0 Å². The second-order valence-corrected chi connectivity index (χ2v) is 5.49. The van der Waals surface area contributed by atoms with Crippen molar-refractivity contribution in [1.29, 1.82) is 0 Å². The highest BCUT2D eigenvalue weighted by Gasteiger charge is 2.20. The van der Waals surface area contributed by atoms with Crippen LogP contribution in [-0.4, -0.2) is 23.0 Å². The second-order valence-electron chi connectivity index (χ2n) is 4.20. The molecule has 14 heavy (non-hydrogen) atoms. The maximum atomic E-state index is 4.53. The number of hydrogen-bond acceptors (Lipinski definition) is 3. The lowest BCUT2D eigenvalue weighted by atomic mass is 10.0. The quantitative estimate of drug-likeness (QED) is 0.778. The van der Waals surface area contributed by atoms with Gasteiger partial charge in [-0.1, -0.05) is 39.5 Å². The van der Waals surface area contributed by atoms with Gasteiger partial charge in [-0.05, 0) is 18.8 Å². The van der Waals surface area contributed by atoms with E-state index in [9.17, 15) is 0 Å². The van der Waals surface area contributed by atoms with Crippen molar-refractivity contribution in [3.63, 3.8) is 0 Å². The molecule has 0 spiro atoms. The fraction of sp³-hybridized carbons (Fsp3) is 0.909. The Bertz CT molecular complexity index is 201. The molecule has 82 valence electrons. The molecule has 2 atom stereocenters. The highest BCUT2D eigenvalue weighted by Crippen LogP contribution is 2.23. The molecular weight excluding hydrogens is 192 g/mol. The van der Waals surface area contributed by atoms with Gasteiger partial charge >= 0.3 is 0 Å². The summed E-state index contributed by atoms with van der Waals surface area (Å²) in [5.41, 5.74) is 0. The van der Waals surface area contributed by atoms with Crippen molar-refractivity contribution in [1.82, 2.24) is 5.32 Å². The van der Waals surface area contributed by atoms with Crippen LogP contribution in [0.2, 0.25) is 0 Å². The summed E-state index contributed by atoms with van der Waals surface area (Å²) in [6, 6.07) is 0.580. The Morgan fingerprint density at radius 1 is 1.50 bits per heavy atom. The molecule has 3 heteroatoms. The highest BCUT2D eigenvalue weighted by molar-refractivity contribution is 8.14. The zero-order chi connectivity index (χ0) is 10.6. The maximum absolute atomic E-state index is 4.53. The monoisotopic (exact) mass is 214 g/mol. The molecule has 2 nitrogen and oxygen atoms in total. The van der Waals surface area contributed by atoms with Crippen molar-refractivity contribution in [3.8, 4) is 0 Å². The Morgan fingerprint density at radius 3 is 2.64 bits per heavy atom. The predicted octanol–water partition coefficient (Wildman–Crippen LogP) is 2.89. The summed E-state index contributed by atoms with van der Waals surface area (Å²) in [5.74, 6) is 0.684. The number of rotatable bonds is 4. The summed E-state index contributed by atoms with van der Waals surface area (Å²) in [6.45, 7) is 9.99. The molecule has 0 radical (unpaired) electrons. The molecular formula is C11H22N2S. The Hall–Kier alpha value is -0.180. The number of aliphatic imine (C=N–C) groups is 1. The van der Waals surface area contributed by atoms with Crippen LogP contribution in [0.25, 0.3) is 0 Å². The van der Waals surface area contributed by atoms with E-state index in [1.807, 2.05) is 11.8 Å². The third kappa shape index (κ3) is 3.19. The number of hydrogen-bond donors (Lipinski definition) is 1. The molecule has 0 saturated carbocycles. The van der Waals surface area contributed by atoms with Gasteiger partial charge in [-0.25, -0.2) is 0 Å². The minimum absolute atomic E-state index is 0.580. The first-order chi connectivity index (χ1) is 6.67. The van der Waals surface area contributed by atoms with E-state index in [1.54, 1.807) is 0 Å². The van der Waals surface area contributed by atoms with Gasteiger partial charge in [0.2, 0.25) is 0 Å². The van der Waals surface area contributed by atoms with Crippen molar-refractivity contribution in [2.45, 2.75) is 51.8 Å². The molecule has 0 saturated heterocycles. The summed E-state index contributed by atoms with van der Waals surface area (Å²) in [4.78, 5) is 4.53. The average molecular weight is 214 g/mol. The topological polar surface area (TPSA) is 24.4 Å². The summed E-state index contributed by atoms with van der Waals surface area (Å²) >= 11 is 1.91. The van der Waals surface area contributed by atoms with E-state index in [0.29, 0.717) is 17.2 Å². The third-order valence-electron chi connectivity index (χ3n) is 2.73. The molecule has 0 bridgehead atoms. The van der Waals surface area contributed by atoms with Gasteiger partial charge in [-0.15, -0.1) is 0 Å². The lowest BCUT2D eigenvalue weighted by molar-refractivity contribution is 0.444. The SMILES string of the molecule is CCC1CN=C(NC(CC)C(C)C)S1. The van der Waals surface area contributed by atoms with E-state index in [0.717, 1.165) is 11.7 Å². The average Bonchev–Trinajstić information content (AvgIpc) is 2.61. The standard InChI is InChI=1S/C11H22N2S/c1-5-9-7-12-11(14-9)13-10(6-2)8(3)4/h8-10H,5-7H2,1-4H3,(H,12,13). The first kappa shape index (κ1) is 11.9. The summed E-state index contributed by atoms with van der Waals surface area (Å²) < 4.78 is 0. The van der Waals surface area contributed by atoms with E-state index in [-0.39, 0.29) is 0 Å². The molecule has 2 unspecified atom stereocenters. The molecule has 1 rings (SSSR count). The molecule has 0 aliphatic carbocycles. The third-order valence-corrected chi connectivity index (χ3v) is 4.01. The lowest BCUT2D eigenvalue weighted by Crippen LogP contribution is -2.36. The van der Waals surface area contributed by atoms with Crippen LogP contribution in [0.1, 0.15) is 40.5 Å². The molecule has 1 N–H and O–H groups in total. The molecule has 0 aromatic heterocycles. The molecule has 1 aliphatic heterocycles. The largest absolute Gasteiger partial charge is 0.362 e. The van der Waals surface area contributed by atoms with Crippen molar-refractivity contribution in [3.05, 3.63) is 0 Å². The van der Waals surface area contributed by atoms with Crippen molar-refractivity contribution < 1.29 is 0 Å². The number of thioether (sulfide) groups is 1. The molecule has 0 fully saturated rings. The number of nitrogens with zero attached hydrogens (tertiary/aromatic N) is 1. The first-order valence-electron chi connectivity index (χ1n) is 5.65. The van der Waals surface area contributed by atoms with E-state index in [1.165, 1.54) is 12.8 Å². The predicted molar refractivity (Wildman–Crippen MR) is 66.0 cm³/mol. The summed E-state index contributed by atoms with van der Waals surface area (Å²) in [7, 11) is 0. The summed E-state index contributed by atoms with van der Waals surface area (Å²) in [6.07, 6.45) is 2.39. The van der Waals surface area contributed by atoms with E-state index in [2.05, 4.69) is 38.0 Å². The molecule has 0 aromatic carbocycles. The summed E-state index contributed by atoms with van der Waals surface area (Å²) in [5, 5.41) is 5.42. The van der Waals surface area contributed by atoms with Gasteiger partial charge in [0, 0.05) is 11.3 Å². The zero-order valence-electron chi connectivity index (χ0n) is 9.71. The van der Waals surface area contributed by atoms with E-state index in [4.69, 9.17) is 0 Å². The molecule has 0 amide bonds. The van der Waals surface area contributed by atoms with E-state index >= 15 is 0 Å². The van der Waals surface area contributed by atoms with Gasteiger partial charge in [-0.2, -0.15) is 0 Å². The van der Waals surface area contributed by atoms with Gasteiger partial charge < -0.3 is 5.32 Å². The minimum atomic E-state index is 0.580. The van der Waals surface area contributed by atoms with Crippen LogP contribution in [-0.2, 0) is 0 Å². The fourth-order valence-corrected chi connectivity index (χ4v) is 2.61. The number of nitrogens with one attached hydrogen (secondary N) is 1. The van der Waals surface area contributed by atoms with Crippen LogP contribution in [0.3, 0.4) is 0 Å². The molecule has 1 aliphatic rings. The number of amidine groups is 1. The van der Waals surface area contributed by atoms with Crippen LogP contribution in [0.4, 0.5) is 0 Å². The van der Waals surface area contributed by atoms with Crippen molar-refractivity contribution >= 4 is 16.9 Å². The van der Waals surface area contributed by atoms with Crippen LogP contribution >= 0.6 is 11.8 Å². The minimum Gasteiger partial charge on any atom is -0.362 e. The Morgan fingerprint density at radius 2 is 2.21 bits per heavy atom. The Balaban J connectivity index is 2.37. The van der Waals surface area contributed by atoms with Crippen molar-refractivity contribution in [2.24, 2.45) is 10.9 Å².